The minimum atomic E-state index is 0.326. The lowest BCUT2D eigenvalue weighted by molar-refractivity contribution is 0.00633. The van der Waals surface area contributed by atoms with E-state index in [1.54, 1.807) is 0 Å². The lowest BCUT2D eigenvalue weighted by atomic mass is 10.1. The van der Waals surface area contributed by atoms with E-state index in [0.29, 0.717) is 6.10 Å². The van der Waals surface area contributed by atoms with Gasteiger partial charge >= 0.3 is 0 Å². The standard InChI is InChI=1S/C14H18O2/c1-12(13-5-3-2-4-6-13)11-16-14-7-9-15-10-8-14/h2-6,11,14H,7-10H2,1H3/b12-11-. The van der Waals surface area contributed by atoms with E-state index in [2.05, 4.69) is 19.1 Å². The van der Waals surface area contributed by atoms with Crippen molar-refractivity contribution in [2.45, 2.75) is 25.9 Å². The molecule has 0 unspecified atom stereocenters. The molecule has 2 rings (SSSR count). The zero-order valence-electron chi connectivity index (χ0n) is 9.69. The molecule has 0 atom stereocenters. The summed E-state index contributed by atoms with van der Waals surface area (Å²) in [7, 11) is 0. The van der Waals surface area contributed by atoms with Crippen LogP contribution in [-0.4, -0.2) is 19.3 Å². The van der Waals surface area contributed by atoms with E-state index < -0.39 is 0 Å². The fourth-order valence-electron chi connectivity index (χ4n) is 1.78. The van der Waals surface area contributed by atoms with E-state index in [4.69, 9.17) is 9.47 Å². The molecule has 0 aliphatic carbocycles. The summed E-state index contributed by atoms with van der Waals surface area (Å²) in [6, 6.07) is 10.3. The number of benzene rings is 1. The van der Waals surface area contributed by atoms with Gasteiger partial charge in [0.05, 0.1) is 19.5 Å². The molecule has 0 aromatic heterocycles. The maximum absolute atomic E-state index is 5.76. The zero-order valence-corrected chi connectivity index (χ0v) is 9.69. The van der Waals surface area contributed by atoms with Crippen LogP contribution in [-0.2, 0) is 9.47 Å². The summed E-state index contributed by atoms with van der Waals surface area (Å²) >= 11 is 0. The molecular weight excluding hydrogens is 200 g/mol. The quantitative estimate of drug-likeness (QED) is 0.725. The number of ether oxygens (including phenoxy) is 2. The van der Waals surface area contributed by atoms with Gasteiger partial charge in [-0.1, -0.05) is 30.3 Å². The Morgan fingerprint density at radius 1 is 1.25 bits per heavy atom. The molecule has 2 nitrogen and oxygen atoms in total. The van der Waals surface area contributed by atoms with Gasteiger partial charge in [0.25, 0.3) is 0 Å². The second-order valence-corrected chi connectivity index (χ2v) is 4.11. The summed E-state index contributed by atoms with van der Waals surface area (Å²) in [5.74, 6) is 0. The third kappa shape index (κ3) is 3.11. The Morgan fingerprint density at radius 3 is 2.62 bits per heavy atom. The Morgan fingerprint density at radius 2 is 1.94 bits per heavy atom. The van der Waals surface area contributed by atoms with E-state index in [0.717, 1.165) is 26.1 Å². The monoisotopic (exact) mass is 218 g/mol. The molecule has 1 saturated heterocycles. The van der Waals surface area contributed by atoms with Crippen LogP contribution in [0.25, 0.3) is 5.57 Å². The van der Waals surface area contributed by atoms with Crippen molar-refractivity contribution in [3.05, 3.63) is 42.2 Å². The fraction of sp³-hybridized carbons (Fsp3) is 0.429. The maximum atomic E-state index is 5.76. The molecular formula is C14H18O2. The van der Waals surface area contributed by atoms with Crippen molar-refractivity contribution in [2.75, 3.05) is 13.2 Å². The van der Waals surface area contributed by atoms with Gasteiger partial charge < -0.3 is 9.47 Å². The Balaban J connectivity index is 1.91. The second-order valence-electron chi connectivity index (χ2n) is 4.11. The highest BCUT2D eigenvalue weighted by Crippen LogP contribution is 2.16. The van der Waals surface area contributed by atoms with Crippen LogP contribution in [0.5, 0.6) is 0 Å². The normalized spacial score (nSPS) is 18.4. The van der Waals surface area contributed by atoms with Gasteiger partial charge in [-0.3, -0.25) is 0 Å². The van der Waals surface area contributed by atoms with E-state index in [-0.39, 0.29) is 0 Å². The van der Waals surface area contributed by atoms with Crippen LogP contribution in [0.15, 0.2) is 36.6 Å². The molecule has 0 bridgehead atoms. The molecule has 1 aliphatic rings. The first-order chi connectivity index (χ1) is 7.86. The van der Waals surface area contributed by atoms with Crippen LogP contribution < -0.4 is 0 Å². The van der Waals surface area contributed by atoms with E-state index in [9.17, 15) is 0 Å². The number of hydrogen-bond donors (Lipinski definition) is 0. The molecule has 86 valence electrons. The molecule has 1 fully saturated rings. The molecule has 0 spiro atoms. The zero-order chi connectivity index (χ0) is 11.2. The highest BCUT2D eigenvalue weighted by molar-refractivity contribution is 5.62. The Labute approximate surface area is 96.9 Å². The minimum Gasteiger partial charge on any atom is -0.498 e. The SMILES string of the molecule is C/C(=C/OC1CCOCC1)c1ccccc1. The average molecular weight is 218 g/mol. The van der Waals surface area contributed by atoms with Gasteiger partial charge in [0, 0.05) is 12.8 Å². The van der Waals surface area contributed by atoms with E-state index >= 15 is 0 Å². The van der Waals surface area contributed by atoms with Crippen LogP contribution in [0.3, 0.4) is 0 Å². The molecule has 16 heavy (non-hydrogen) atoms. The fourth-order valence-corrected chi connectivity index (χ4v) is 1.78. The van der Waals surface area contributed by atoms with E-state index in [1.807, 2.05) is 24.5 Å². The molecule has 1 aromatic rings. The highest BCUT2D eigenvalue weighted by atomic mass is 16.5. The average Bonchev–Trinajstić information content (AvgIpc) is 2.38. The molecule has 1 heterocycles. The Bertz CT molecular complexity index is 337. The van der Waals surface area contributed by atoms with Crippen molar-refractivity contribution in [2.24, 2.45) is 0 Å². The van der Waals surface area contributed by atoms with Crippen LogP contribution in [0.4, 0.5) is 0 Å². The first-order valence-corrected chi connectivity index (χ1v) is 5.81. The number of allylic oxidation sites excluding steroid dienone is 1. The summed E-state index contributed by atoms with van der Waals surface area (Å²) in [6.07, 6.45) is 4.20. The molecule has 2 heteroatoms. The van der Waals surface area contributed by atoms with Gasteiger partial charge in [-0.05, 0) is 18.1 Å². The molecule has 0 N–H and O–H groups in total. The van der Waals surface area contributed by atoms with Gasteiger partial charge in [0.1, 0.15) is 6.10 Å². The molecule has 1 aromatic carbocycles. The van der Waals surface area contributed by atoms with E-state index in [1.165, 1.54) is 11.1 Å². The van der Waals surface area contributed by atoms with Gasteiger partial charge in [-0.15, -0.1) is 0 Å². The molecule has 0 saturated carbocycles. The van der Waals surface area contributed by atoms with Crippen molar-refractivity contribution in [1.82, 2.24) is 0 Å². The van der Waals surface area contributed by atoms with Crippen LogP contribution in [0.1, 0.15) is 25.3 Å². The smallest absolute Gasteiger partial charge is 0.102 e. The lowest BCUT2D eigenvalue weighted by Crippen LogP contribution is -2.21. The van der Waals surface area contributed by atoms with Gasteiger partial charge in [-0.25, -0.2) is 0 Å². The van der Waals surface area contributed by atoms with Crippen LogP contribution in [0.2, 0.25) is 0 Å². The summed E-state index contributed by atoms with van der Waals surface area (Å²) in [6.45, 7) is 3.72. The summed E-state index contributed by atoms with van der Waals surface area (Å²) in [5.41, 5.74) is 2.39. The van der Waals surface area contributed by atoms with Crippen molar-refractivity contribution in [1.29, 1.82) is 0 Å². The summed E-state index contributed by atoms with van der Waals surface area (Å²) in [5, 5.41) is 0. The third-order valence-corrected chi connectivity index (χ3v) is 2.83. The number of rotatable bonds is 3. The van der Waals surface area contributed by atoms with Crippen molar-refractivity contribution < 1.29 is 9.47 Å². The largest absolute Gasteiger partial charge is 0.498 e. The second kappa shape index (κ2) is 5.71. The molecule has 0 amide bonds. The third-order valence-electron chi connectivity index (χ3n) is 2.83. The predicted octanol–water partition coefficient (Wildman–Crippen LogP) is 3.24. The van der Waals surface area contributed by atoms with Crippen molar-refractivity contribution in [3.63, 3.8) is 0 Å². The Hall–Kier alpha value is -1.28. The molecule has 0 radical (unpaired) electrons. The first-order valence-electron chi connectivity index (χ1n) is 5.81. The van der Waals surface area contributed by atoms with Gasteiger partial charge in [0.15, 0.2) is 0 Å². The van der Waals surface area contributed by atoms with Gasteiger partial charge in [0.2, 0.25) is 0 Å². The first kappa shape index (κ1) is 11.2. The van der Waals surface area contributed by atoms with Crippen molar-refractivity contribution in [3.8, 4) is 0 Å². The summed E-state index contributed by atoms with van der Waals surface area (Å²) in [4.78, 5) is 0. The Kier molecular flexibility index (Phi) is 4.00. The van der Waals surface area contributed by atoms with Crippen molar-refractivity contribution >= 4 is 5.57 Å². The maximum Gasteiger partial charge on any atom is 0.102 e. The topological polar surface area (TPSA) is 18.5 Å². The minimum absolute atomic E-state index is 0.326. The summed E-state index contributed by atoms with van der Waals surface area (Å²) < 4.78 is 11.0. The highest BCUT2D eigenvalue weighted by Gasteiger charge is 2.13. The predicted molar refractivity (Wildman–Crippen MR) is 65.0 cm³/mol. The van der Waals surface area contributed by atoms with Crippen LogP contribution >= 0.6 is 0 Å². The van der Waals surface area contributed by atoms with Crippen LogP contribution in [0, 0.1) is 0 Å². The number of hydrogen-bond acceptors (Lipinski definition) is 2. The van der Waals surface area contributed by atoms with Gasteiger partial charge in [-0.2, -0.15) is 0 Å². The lowest BCUT2D eigenvalue weighted by Gasteiger charge is -2.21. The molecule has 1 aliphatic heterocycles.